The Hall–Kier alpha value is -0.830. The summed E-state index contributed by atoms with van der Waals surface area (Å²) in [5, 5.41) is 0. The molecular weight excluding hydrogens is 313 g/mol. The van der Waals surface area contributed by atoms with Crippen LogP contribution in [0.1, 0.15) is 5.56 Å². The SMILES string of the molecule is Cc1cc(F)c(S(=O)(=O)NCCN2CCSCC2)cc1N. The third-order valence-electron chi connectivity index (χ3n) is 3.43. The topological polar surface area (TPSA) is 75.4 Å². The maximum atomic E-state index is 13.8. The molecule has 0 unspecified atom stereocenters. The second-order valence-electron chi connectivity index (χ2n) is 4.99. The van der Waals surface area contributed by atoms with Gasteiger partial charge in [-0.25, -0.2) is 17.5 Å². The Balaban J connectivity index is 1.99. The molecule has 1 aromatic rings. The lowest BCUT2D eigenvalue weighted by molar-refractivity contribution is 0.307. The minimum absolute atomic E-state index is 0.264. The van der Waals surface area contributed by atoms with Crippen LogP contribution in [0.15, 0.2) is 17.0 Å². The van der Waals surface area contributed by atoms with Gasteiger partial charge in [0.05, 0.1) is 0 Å². The summed E-state index contributed by atoms with van der Waals surface area (Å²) in [6.45, 7) is 4.44. The zero-order valence-electron chi connectivity index (χ0n) is 11.9. The minimum Gasteiger partial charge on any atom is -0.398 e. The number of aryl methyl sites for hydroxylation is 1. The van der Waals surface area contributed by atoms with Crippen LogP contribution in [-0.4, -0.2) is 51.0 Å². The van der Waals surface area contributed by atoms with Crippen molar-refractivity contribution in [1.29, 1.82) is 0 Å². The van der Waals surface area contributed by atoms with Crippen molar-refractivity contribution in [2.75, 3.05) is 43.4 Å². The first-order valence-electron chi connectivity index (χ1n) is 6.75. The second-order valence-corrected chi connectivity index (χ2v) is 7.95. The van der Waals surface area contributed by atoms with Crippen LogP contribution in [-0.2, 0) is 10.0 Å². The number of nitrogen functional groups attached to an aromatic ring is 1. The number of halogens is 1. The van der Waals surface area contributed by atoms with Gasteiger partial charge in [0.15, 0.2) is 0 Å². The molecule has 0 atom stereocenters. The van der Waals surface area contributed by atoms with E-state index in [9.17, 15) is 12.8 Å². The molecule has 1 saturated heterocycles. The van der Waals surface area contributed by atoms with Gasteiger partial charge in [-0.1, -0.05) is 0 Å². The maximum Gasteiger partial charge on any atom is 0.243 e. The summed E-state index contributed by atoms with van der Waals surface area (Å²) in [6.07, 6.45) is 0. The molecule has 2 rings (SSSR count). The largest absolute Gasteiger partial charge is 0.398 e. The molecule has 8 heteroatoms. The van der Waals surface area contributed by atoms with Gasteiger partial charge in [-0.05, 0) is 24.6 Å². The van der Waals surface area contributed by atoms with Crippen molar-refractivity contribution in [3.05, 3.63) is 23.5 Å². The number of anilines is 1. The van der Waals surface area contributed by atoms with E-state index in [1.54, 1.807) is 6.92 Å². The van der Waals surface area contributed by atoms with Crippen molar-refractivity contribution in [2.45, 2.75) is 11.8 Å². The number of rotatable bonds is 5. The smallest absolute Gasteiger partial charge is 0.243 e. The lowest BCUT2D eigenvalue weighted by Gasteiger charge is -2.26. The van der Waals surface area contributed by atoms with Gasteiger partial charge >= 0.3 is 0 Å². The van der Waals surface area contributed by atoms with Crippen LogP contribution >= 0.6 is 11.8 Å². The fourth-order valence-corrected chi connectivity index (χ4v) is 4.21. The van der Waals surface area contributed by atoms with Crippen LogP contribution in [0.5, 0.6) is 0 Å². The third kappa shape index (κ3) is 4.32. The van der Waals surface area contributed by atoms with Crippen LogP contribution in [0.2, 0.25) is 0 Å². The lowest BCUT2D eigenvalue weighted by atomic mass is 10.2. The van der Waals surface area contributed by atoms with Crippen molar-refractivity contribution in [3.8, 4) is 0 Å². The van der Waals surface area contributed by atoms with Gasteiger partial charge in [0, 0.05) is 43.4 Å². The highest BCUT2D eigenvalue weighted by atomic mass is 32.2. The number of sulfonamides is 1. The molecule has 0 aromatic heterocycles. The Morgan fingerprint density at radius 2 is 2.05 bits per heavy atom. The maximum absolute atomic E-state index is 13.8. The van der Waals surface area contributed by atoms with Gasteiger partial charge < -0.3 is 10.6 Å². The average Bonchev–Trinajstić information content (AvgIpc) is 2.43. The van der Waals surface area contributed by atoms with Crippen LogP contribution in [0.4, 0.5) is 10.1 Å². The molecule has 0 spiro atoms. The van der Waals surface area contributed by atoms with E-state index in [0.29, 0.717) is 12.1 Å². The van der Waals surface area contributed by atoms with Crippen LogP contribution < -0.4 is 10.5 Å². The summed E-state index contributed by atoms with van der Waals surface area (Å²) in [5.41, 5.74) is 6.46. The standard InChI is InChI=1S/C13H20FN3O2S2/c1-10-8-11(14)13(9-12(10)15)21(18,19)16-2-3-17-4-6-20-7-5-17/h8-9,16H,2-7,15H2,1H3. The number of nitrogens with one attached hydrogen (secondary N) is 1. The van der Waals surface area contributed by atoms with E-state index in [1.807, 2.05) is 11.8 Å². The minimum atomic E-state index is -3.87. The highest BCUT2D eigenvalue weighted by Gasteiger charge is 2.20. The van der Waals surface area contributed by atoms with Gasteiger partial charge in [0.25, 0.3) is 0 Å². The molecule has 1 aromatic carbocycles. The molecule has 1 fully saturated rings. The molecule has 1 aliphatic rings. The summed E-state index contributed by atoms with van der Waals surface area (Å²) in [7, 11) is -3.87. The first-order valence-corrected chi connectivity index (χ1v) is 9.39. The second kappa shape index (κ2) is 6.95. The van der Waals surface area contributed by atoms with Crippen LogP contribution in [0.3, 0.4) is 0 Å². The van der Waals surface area contributed by atoms with E-state index < -0.39 is 15.8 Å². The van der Waals surface area contributed by atoms with Crippen molar-refractivity contribution in [2.24, 2.45) is 0 Å². The molecular formula is C13H20FN3O2S2. The summed E-state index contributed by atoms with van der Waals surface area (Å²) in [4.78, 5) is 1.80. The molecule has 1 aliphatic heterocycles. The quantitative estimate of drug-likeness (QED) is 0.788. The first kappa shape index (κ1) is 16.5. The summed E-state index contributed by atoms with van der Waals surface area (Å²) >= 11 is 1.90. The zero-order valence-corrected chi connectivity index (χ0v) is 13.6. The molecule has 21 heavy (non-hydrogen) atoms. The van der Waals surface area contributed by atoms with E-state index in [-0.39, 0.29) is 17.1 Å². The summed E-state index contributed by atoms with van der Waals surface area (Å²) in [6, 6.07) is 2.32. The highest BCUT2D eigenvalue weighted by Crippen LogP contribution is 2.21. The predicted octanol–water partition coefficient (Wildman–Crippen LogP) is 1.04. The van der Waals surface area contributed by atoms with Gasteiger partial charge in [-0.3, -0.25) is 0 Å². The zero-order chi connectivity index (χ0) is 15.5. The van der Waals surface area contributed by atoms with Crippen molar-refractivity contribution >= 4 is 27.5 Å². The summed E-state index contributed by atoms with van der Waals surface area (Å²) < 4.78 is 40.5. The normalized spacial score (nSPS) is 17.0. The van der Waals surface area contributed by atoms with E-state index in [2.05, 4.69) is 9.62 Å². The third-order valence-corrected chi connectivity index (χ3v) is 5.85. The molecule has 0 amide bonds. The number of hydrogen-bond acceptors (Lipinski definition) is 5. The van der Waals surface area contributed by atoms with Gasteiger partial charge in [-0.2, -0.15) is 11.8 Å². The Morgan fingerprint density at radius 1 is 1.38 bits per heavy atom. The Morgan fingerprint density at radius 3 is 2.71 bits per heavy atom. The lowest BCUT2D eigenvalue weighted by Crippen LogP contribution is -2.39. The van der Waals surface area contributed by atoms with Crippen molar-refractivity contribution < 1.29 is 12.8 Å². The van der Waals surface area contributed by atoms with Crippen LogP contribution in [0, 0.1) is 12.7 Å². The number of benzene rings is 1. The van der Waals surface area contributed by atoms with E-state index in [0.717, 1.165) is 30.7 Å². The average molecular weight is 333 g/mol. The predicted molar refractivity (Wildman–Crippen MR) is 84.5 cm³/mol. The molecule has 0 saturated carbocycles. The molecule has 0 aliphatic carbocycles. The molecule has 1 heterocycles. The van der Waals surface area contributed by atoms with Crippen LogP contribution in [0.25, 0.3) is 0 Å². The van der Waals surface area contributed by atoms with Crippen molar-refractivity contribution in [1.82, 2.24) is 9.62 Å². The molecule has 118 valence electrons. The first-order chi connectivity index (χ1) is 9.90. The van der Waals surface area contributed by atoms with Gasteiger partial charge in [0.2, 0.25) is 10.0 Å². The number of hydrogen-bond donors (Lipinski definition) is 2. The number of nitrogens with zero attached hydrogens (tertiary/aromatic N) is 1. The summed E-state index contributed by atoms with van der Waals surface area (Å²) in [5.74, 6) is 1.36. The van der Waals surface area contributed by atoms with E-state index in [4.69, 9.17) is 5.73 Å². The van der Waals surface area contributed by atoms with Gasteiger partial charge in [0.1, 0.15) is 10.7 Å². The Bertz CT molecular complexity index is 602. The Labute approximate surface area is 129 Å². The number of nitrogens with two attached hydrogens (primary N) is 1. The van der Waals surface area contributed by atoms with Crippen molar-refractivity contribution in [3.63, 3.8) is 0 Å². The molecule has 0 radical (unpaired) electrons. The van der Waals surface area contributed by atoms with E-state index >= 15 is 0 Å². The number of thioether (sulfide) groups is 1. The molecule has 5 nitrogen and oxygen atoms in total. The fraction of sp³-hybridized carbons (Fsp3) is 0.538. The Kier molecular flexibility index (Phi) is 5.48. The monoisotopic (exact) mass is 333 g/mol. The van der Waals surface area contributed by atoms with E-state index in [1.165, 1.54) is 6.07 Å². The molecule has 3 N–H and O–H groups in total. The molecule has 0 bridgehead atoms. The van der Waals surface area contributed by atoms with Gasteiger partial charge in [-0.15, -0.1) is 0 Å². The fourth-order valence-electron chi connectivity index (χ4n) is 2.12. The highest BCUT2D eigenvalue weighted by molar-refractivity contribution is 7.99.